The van der Waals surface area contributed by atoms with E-state index in [2.05, 4.69) is 10.1 Å². The zero-order valence-electron chi connectivity index (χ0n) is 11.0. The van der Waals surface area contributed by atoms with Crippen molar-refractivity contribution >= 4 is 9.84 Å². The maximum Gasteiger partial charge on any atom is 0.247 e. The van der Waals surface area contributed by atoms with E-state index in [1.54, 1.807) is 0 Å². The van der Waals surface area contributed by atoms with E-state index >= 15 is 0 Å². The van der Waals surface area contributed by atoms with Crippen LogP contribution in [0.5, 0.6) is 0 Å². The number of aromatic nitrogens is 2. The first-order valence-electron chi connectivity index (χ1n) is 5.57. The summed E-state index contributed by atoms with van der Waals surface area (Å²) in [7, 11) is -3.35. The molecule has 1 rings (SSSR count). The Hall–Kier alpha value is -0.990. The maximum atomic E-state index is 11.6. The van der Waals surface area contributed by atoms with Crippen LogP contribution < -0.4 is 5.73 Å². The van der Waals surface area contributed by atoms with Crippen LogP contribution in [0.15, 0.2) is 4.52 Å². The molecular formula is C10H19N3O4S. The summed E-state index contributed by atoms with van der Waals surface area (Å²) in [6.07, 6.45) is 1.12. The van der Waals surface area contributed by atoms with Crippen LogP contribution in [0.25, 0.3) is 0 Å². The lowest BCUT2D eigenvalue weighted by Crippen LogP contribution is -2.28. The number of hydrogen-bond acceptors (Lipinski definition) is 7. The van der Waals surface area contributed by atoms with Gasteiger partial charge in [-0.15, -0.1) is 0 Å². The fraction of sp³-hybridized carbons (Fsp3) is 0.800. The molecule has 2 N–H and O–H groups in total. The van der Waals surface area contributed by atoms with Crippen LogP contribution in [0.3, 0.4) is 0 Å². The van der Waals surface area contributed by atoms with Crippen molar-refractivity contribution in [2.75, 3.05) is 19.5 Å². The Morgan fingerprint density at radius 1 is 1.50 bits per heavy atom. The van der Waals surface area contributed by atoms with Gasteiger partial charge in [-0.05, 0) is 20.8 Å². The largest absolute Gasteiger partial charge is 0.380 e. The number of hydrogen-bond donors (Lipinski definition) is 1. The zero-order chi connectivity index (χ0) is 14.0. The SMILES string of the molecule is CCOCC(N)c1noc(C(C)(C)S(C)(=O)=O)n1. The van der Waals surface area contributed by atoms with E-state index in [1.807, 2.05) is 6.92 Å². The first-order chi connectivity index (χ1) is 8.20. The molecule has 0 spiro atoms. The second-order valence-corrected chi connectivity index (χ2v) is 7.07. The second kappa shape index (κ2) is 5.33. The Morgan fingerprint density at radius 2 is 2.11 bits per heavy atom. The Kier molecular flexibility index (Phi) is 4.46. The van der Waals surface area contributed by atoms with Gasteiger partial charge in [0, 0.05) is 12.9 Å². The number of nitrogens with two attached hydrogens (primary N) is 1. The summed E-state index contributed by atoms with van der Waals surface area (Å²) in [5.41, 5.74) is 5.79. The van der Waals surface area contributed by atoms with Crippen LogP contribution in [0, 0.1) is 0 Å². The van der Waals surface area contributed by atoms with Crippen molar-refractivity contribution < 1.29 is 17.7 Å². The summed E-state index contributed by atoms with van der Waals surface area (Å²) >= 11 is 0. The molecule has 1 heterocycles. The minimum Gasteiger partial charge on any atom is -0.380 e. The van der Waals surface area contributed by atoms with Gasteiger partial charge in [-0.2, -0.15) is 4.98 Å². The maximum absolute atomic E-state index is 11.6. The highest BCUT2D eigenvalue weighted by Crippen LogP contribution is 2.27. The van der Waals surface area contributed by atoms with Crippen molar-refractivity contribution in [1.82, 2.24) is 10.1 Å². The van der Waals surface area contributed by atoms with Gasteiger partial charge in [-0.3, -0.25) is 0 Å². The van der Waals surface area contributed by atoms with E-state index in [4.69, 9.17) is 15.0 Å². The molecule has 1 unspecified atom stereocenters. The van der Waals surface area contributed by atoms with Crippen molar-refractivity contribution in [3.05, 3.63) is 11.7 Å². The van der Waals surface area contributed by atoms with Crippen LogP contribution in [0.2, 0.25) is 0 Å². The number of sulfone groups is 1. The Morgan fingerprint density at radius 3 is 2.61 bits per heavy atom. The monoisotopic (exact) mass is 277 g/mol. The van der Waals surface area contributed by atoms with E-state index in [0.29, 0.717) is 6.61 Å². The Bertz CT molecular complexity index is 495. The molecule has 104 valence electrons. The summed E-state index contributed by atoms with van der Waals surface area (Å²) in [4.78, 5) is 4.04. The molecule has 18 heavy (non-hydrogen) atoms. The van der Waals surface area contributed by atoms with Crippen LogP contribution in [-0.2, 0) is 19.3 Å². The van der Waals surface area contributed by atoms with Gasteiger partial charge >= 0.3 is 0 Å². The molecule has 0 fully saturated rings. The lowest BCUT2D eigenvalue weighted by molar-refractivity contribution is 0.130. The first kappa shape index (κ1) is 15.1. The topological polar surface area (TPSA) is 108 Å². The van der Waals surface area contributed by atoms with Crippen molar-refractivity contribution in [3.8, 4) is 0 Å². The lowest BCUT2D eigenvalue weighted by atomic mass is 10.2. The third-order valence-corrected chi connectivity index (χ3v) is 4.75. The molecule has 1 aromatic heterocycles. The van der Waals surface area contributed by atoms with Crippen molar-refractivity contribution in [2.45, 2.75) is 31.6 Å². The second-order valence-electron chi connectivity index (χ2n) is 4.51. The number of nitrogens with zero attached hydrogens (tertiary/aromatic N) is 2. The van der Waals surface area contributed by atoms with Gasteiger partial charge in [0.05, 0.1) is 12.6 Å². The van der Waals surface area contributed by atoms with Gasteiger partial charge in [0.2, 0.25) is 5.89 Å². The summed E-state index contributed by atoms with van der Waals surface area (Å²) in [5, 5.41) is 3.69. The predicted molar refractivity (Wildman–Crippen MR) is 65.6 cm³/mol. The average molecular weight is 277 g/mol. The van der Waals surface area contributed by atoms with Gasteiger partial charge < -0.3 is 15.0 Å². The molecule has 0 aromatic carbocycles. The summed E-state index contributed by atoms with van der Waals surface area (Å²) in [6.45, 7) is 5.66. The fourth-order valence-electron chi connectivity index (χ4n) is 1.11. The molecule has 0 aliphatic heterocycles. The van der Waals surface area contributed by atoms with Crippen LogP contribution >= 0.6 is 0 Å². The highest BCUT2D eigenvalue weighted by Gasteiger charge is 2.38. The summed E-state index contributed by atoms with van der Waals surface area (Å²) in [6, 6.07) is -0.530. The molecule has 0 aliphatic carbocycles. The van der Waals surface area contributed by atoms with E-state index in [1.165, 1.54) is 13.8 Å². The van der Waals surface area contributed by atoms with E-state index in [9.17, 15) is 8.42 Å². The van der Waals surface area contributed by atoms with Crippen molar-refractivity contribution in [2.24, 2.45) is 5.73 Å². The quantitative estimate of drug-likeness (QED) is 0.800. The van der Waals surface area contributed by atoms with Gasteiger partial charge in [-0.1, -0.05) is 5.16 Å². The third-order valence-electron chi connectivity index (χ3n) is 2.72. The Labute approximate surface area is 107 Å². The van der Waals surface area contributed by atoms with E-state index in [-0.39, 0.29) is 18.3 Å². The highest BCUT2D eigenvalue weighted by atomic mass is 32.2. The third kappa shape index (κ3) is 3.06. The molecule has 0 bridgehead atoms. The van der Waals surface area contributed by atoms with Crippen LogP contribution in [0.1, 0.15) is 38.5 Å². The predicted octanol–water partition coefficient (Wildman–Crippen LogP) is 0.386. The van der Waals surface area contributed by atoms with Crippen molar-refractivity contribution in [1.29, 1.82) is 0 Å². The molecule has 1 aromatic rings. The molecule has 0 radical (unpaired) electrons. The van der Waals surface area contributed by atoms with Gasteiger partial charge in [0.15, 0.2) is 15.7 Å². The minimum atomic E-state index is -3.35. The number of ether oxygens (including phenoxy) is 1. The molecule has 0 aliphatic rings. The Balaban J connectivity index is 2.93. The molecule has 0 saturated carbocycles. The number of rotatable bonds is 6. The molecule has 8 heteroatoms. The molecule has 1 atom stereocenters. The van der Waals surface area contributed by atoms with Gasteiger partial charge in [0.1, 0.15) is 4.75 Å². The average Bonchev–Trinajstić information content (AvgIpc) is 2.73. The highest BCUT2D eigenvalue weighted by molar-refractivity contribution is 7.91. The van der Waals surface area contributed by atoms with Crippen LogP contribution in [-0.4, -0.2) is 38.0 Å². The molecule has 0 saturated heterocycles. The molecular weight excluding hydrogens is 258 g/mol. The fourth-order valence-corrected chi connectivity index (χ4v) is 1.51. The first-order valence-corrected chi connectivity index (χ1v) is 7.46. The zero-order valence-corrected chi connectivity index (χ0v) is 11.8. The van der Waals surface area contributed by atoms with E-state index in [0.717, 1.165) is 6.26 Å². The van der Waals surface area contributed by atoms with Crippen molar-refractivity contribution in [3.63, 3.8) is 0 Å². The van der Waals surface area contributed by atoms with E-state index < -0.39 is 20.6 Å². The standard InChI is InChI=1S/C10H19N3O4S/c1-5-16-6-7(11)8-12-9(17-13-8)10(2,3)18(4,14)15/h7H,5-6,11H2,1-4H3. The van der Waals surface area contributed by atoms with Gasteiger partial charge in [-0.25, -0.2) is 8.42 Å². The van der Waals surface area contributed by atoms with Crippen LogP contribution in [0.4, 0.5) is 0 Å². The van der Waals surface area contributed by atoms with Gasteiger partial charge in [0.25, 0.3) is 0 Å². The summed E-state index contributed by atoms with van der Waals surface area (Å²) in [5.74, 6) is 0.280. The smallest absolute Gasteiger partial charge is 0.247 e. The normalized spacial score (nSPS) is 14.7. The molecule has 7 nitrogen and oxygen atoms in total. The summed E-state index contributed by atoms with van der Waals surface area (Å²) < 4.78 is 32.1. The molecule has 0 amide bonds. The lowest BCUT2D eigenvalue weighted by Gasteiger charge is -2.16. The minimum absolute atomic E-state index is 0.0342.